The monoisotopic (exact) mass is 290 g/mol. The summed E-state index contributed by atoms with van der Waals surface area (Å²) in [5, 5.41) is 0.721. The second kappa shape index (κ2) is 4.77. The number of alkyl halides is 1. The molecular weight excluding hydrogens is 284 g/mol. The van der Waals surface area contributed by atoms with Crippen molar-refractivity contribution in [2.75, 3.05) is 5.33 Å². The molecule has 1 aromatic rings. The second-order valence-electron chi connectivity index (χ2n) is 2.37. The van der Waals surface area contributed by atoms with Crippen LogP contribution < -0.4 is 0 Å². The molecule has 0 atom stereocenters. The first kappa shape index (κ1) is 9.93. The number of halogens is 2. The Morgan fingerprint density at radius 3 is 2.75 bits per heavy atom. The molecule has 0 aliphatic rings. The summed E-state index contributed by atoms with van der Waals surface area (Å²) < 4.78 is 0.947. The van der Waals surface area contributed by atoms with Crippen molar-refractivity contribution in [3.8, 4) is 0 Å². The van der Waals surface area contributed by atoms with Crippen LogP contribution in [0.2, 0.25) is 0 Å². The molecule has 0 saturated carbocycles. The highest BCUT2D eigenvalue weighted by molar-refractivity contribution is 9.10. The smallest absolute Gasteiger partial charge is 0.163 e. The molecule has 0 heterocycles. The number of Topliss-reactive ketones (excluding diaryl/α,β-unsaturated/α-hetero) is 1. The van der Waals surface area contributed by atoms with Gasteiger partial charge in [0, 0.05) is 21.8 Å². The van der Waals surface area contributed by atoms with E-state index in [1.54, 1.807) is 0 Å². The predicted molar refractivity (Wildman–Crippen MR) is 56.9 cm³/mol. The molecular formula is C9H8Br2O. The molecule has 0 amide bonds. The fourth-order valence-electron chi connectivity index (χ4n) is 0.892. The number of carbonyl (C=O) groups is 1. The molecule has 0 spiro atoms. The van der Waals surface area contributed by atoms with Crippen LogP contribution in [0, 0.1) is 0 Å². The van der Waals surface area contributed by atoms with Crippen molar-refractivity contribution in [2.24, 2.45) is 0 Å². The van der Waals surface area contributed by atoms with Gasteiger partial charge < -0.3 is 0 Å². The Hall–Kier alpha value is -0.150. The van der Waals surface area contributed by atoms with Crippen molar-refractivity contribution >= 4 is 37.6 Å². The lowest BCUT2D eigenvalue weighted by Crippen LogP contribution is -1.98. The van der Waals surface area contributed by atoms with Crippen molar-refractivity contribution in [2.45, 2.75) is 6.42 Å². The van der Waals surface area contributed by atoms with E-state index in [4.69, 9.17) is 0 Å². The number of benzene rings is 1. The van der Waals surface area contributed by atoms with Gasteiger partial charge in [0.1, 0.15) is 0 Å². The zero-order valence-corrected chi connectivity index (χ0v) is 9.56. The first-order chi connectivity index (χ1) is 5.74. The number of ketones is 1. The summed E-state index contributed by atoms with van der Waals surface area (Å²) in [6.07, 6.45) is 0.552. The minimum atomic E-state index is 0.174. The maximum Gasteiger partial charge on any atom is 0.163 e. The van der Waals surface area contributed by atoms with E-state index in [-0.39, 0.29) is 5.78 Å². The van der Waals surface area contributed by atoms with Crippen LogP contribution in [0.15, 0.2) is 28.7 Å². The molecule has 0 aromatic heterocycles. The highest BCUT2D eigenvalue weighted by Gasteiger charge is 2.03. The van der Waals surface area contributed by atoms with Crippen LogP contribution in [-0.2, 0) is 0 Å². The highest BCUT2D eigenvalue weighted by Crippen LogP contribution is 2.13. The first-order valence-electron chi connectivity index (χ1n) is 3.59. The molecule has 1 nitrogen and oxygen atoms in total. The minimum absolute atomic E-state index is 0.174. The normalized spacial score (nSPS) is 9.83. The van der Waals surface area contributed by atoms with Gasteiger partial charge >= 0.3 is 0 Å². The first-order valence-corrected chi connectivity index (χ1v) is 5.50. The highest BCUT2D eigenvalue weighted by atomic mass is 79.9. The molecule has 0 fully saturated rings. The Labute approximate surface area is 88.4 Å². The Bertz CT molecular complexity index is 284. The van der Waals surface area contributed by atoms with Crippen molar-refractivity contribution < 1.29 is 4.79 Å². The molecule has 0 radical (unpaired) electrons. The van der Waals surface area contributed by atoms with Crippen molar-refractivity contribution in [1.82, 2.24) is 0 Å². The summed E-state index contributed by atoms with van der Waals surface area (Å²) in [7, 11) is 0. The molecule has 0 N–H and O–H groups in total. The maximum absolute atomic E-state index is 11.3. The topological polar surface area (TPSA) is 17.1 Å². The quantitative estimate of drug-likeness (QED) is 0.616. The molecule has 64 valence electrons. The number of hydrogen-bond donors (Lipinski definition) is 0. The third-order valence-corrected chi connectivity index (χ3v) is 2.36. The largest absolute Gasteiger partial charge is 0.294 e. The van der Waals surface area contributed by atoms with E-state index < -0.39 is 0 Å². The van der Waals surface area contributed by atoms with Crippen LogP contribution in [0.25, 0.3) is 0 Å². The van der Waals surface area contributed by atoms with E-state index in [9.17, 15) is 4.79 Å². The van der Waals surface area contributed by atoms with Gasteiger partial charge in [0.05, 0.1) is 0 Å². The predicted octanol–water partition coefficient (Wildman–Crippen LogP) is 3.42. The third-order valence-electron chi connectivity index (χ3n) is 1.47. The Morgan fingerprint density at radius 1 is 1.42 bits per heavy atom. The summed E-state index contributed by atoms with van der Waals surface area (Å²) >= 11 is 6.55. The van der Waals surface area contributed by atoms with Crippen molar-refractivity contribution in [3.63, 3.8) is 0 Å². The van der Waals surface area contributed by atoms with Crippen LogP contribution in [0.3, 0.4) is 0 Å². The SMILES string of the molecule is O=C(CCBr)c1cccc(Br)c1. The van der Waals surface area contributed by atoms with Gasteiger partial charge in [-0.1, -0.05) is 44.0 Å². The molecule has 1 aromatic carbocycles. The average molecular weight is 292 g/mol. The van der Waals surface area contributed by atoms with Gasteiger partial charge in [0.2, 0.25) is 0 Å². The molecule has 0 aliphatic carbocycles. The van der Waals surface area contributed by atoms with Gasteiger partial charge in [0.15, 0.2) is 5.78 Å². The summed E-state index contributed by atoms with van der Waals surface area (Å²) in [4.78, 5) is 11.3. The van der Waals surface area contributed by atoms with Crippen LogP contribution in [0.1, 0.15) is 16.8 Å². The third kappa shape index (κ3) is 2.72. The molecule has 0 unspecified atom stereocenters. The standard InChI is InChI=1S/C9H8Br2O/c10-5-4-9(12)7-2-1-3-8(11)6-7/h1-3,6H,4-5H2. The Balaban J connectivity index is 2.81. The lowest BCUT2D eigenvalue weighted by Gasteiger charge is -1.98. The summed E-state index contributed by atoms with van der Waals surface area (Å²) in [5.41, 5.74) is 0.767. The van der Waals surface area contributed by atoms with E-state index in [2.05, 4.69) is 31.9 Å². The molecule has 0 aliphatic heterocycles. The van der Waals surface area contributed by atoms with E-state index in [0.717, 1.165) is 15.4 Å². The van der Waals surface area contributed by atoms with E-state index in [1.165, 1.54) is 0 Å². The summed E-state index contributed by atoms with van der Waals surface area (Å²) in [6.45, 7) is 0. The lowest BCUT2D eigenvalue weighted by atomic mass is 10.1. The molecule has 1 rings (SSSR count). The van der Waals surface area contributed by atoms with Crippen LogP contribution in [-0.4, -0.2) is 11.1 Å². The number of carbonyl (C=O) groups excluding carboxylic acids is 1. The van der Waals surface area contributed by atoms with Crippen LogP contribution in [0.4, 0.5) is 0 Å². The minimum Gasteiger partial charge on any atom is -0.294 e. The van der Waals surface area contributed by atoms with Gasteiger partial charge in [-0.05, 0) is 12.1 Å². The maximum atomic E-state index is 11.3. The number of hydrogen-bond acceptors (Lipinski definition) is 1. The molecule has 12 heavy (non-hydrogen) atoms. The van der Waals surface area contributed by atoms with Gasteiger partial charge in [-0.25, -0.2) is 0 Å². The zero-order valence-electron chi connectivity index (χ0n) is 6.39. The van der Waals surface area contributed by atoms with E-state index >= 15 is 0 Å². The fraction of sp³-hybridized carbons (Fsp3) is 0.222. The van der Waals surface area contributed by atoms with E-state index in [0.29, 0.717) is 6.42 Å². The van der Waals surface area contributed by atoms with Gasteiger partial charge in [-0.3, -0.25) is 4.79 Å². The van der Waals surface area contributed by atoms with Crippen molar-refractivity contribution in [3.05, 3.63) is 34.3 Å². The van der Waals surface area contributed by atoms with Gasteiger partial charge in [0.25, 0.3) is 0 Å². The van der Waals surface area contributed by atoms with Crippen LogP contribution >= 0.6 is 31.9 Å². The lowest BCUT2D eigenvalue weighted by molar-refractivity contribution is 0.0990. The number of rotatable bonds is 3. The second-order valence-corrected chi connectivity index (χ2v) is 4.08. The fourth-order valence-corrected chi connectivity index (χ4v) is 1.65. The van der Waals surface area contributed by atoms with Gasteiger partial charge in [-0.15, -0.1) is 0 Å². The van der Waals surface area contributed by atoms with Gasteiger partial charge in [-0.2, -0.15) is 0 Å². The Kier molecular flexibility index (Phi) is 3.95. The summed E-state index contributed by atoms with van der Waals surface area (Å²) in [5.74, 6) is 0.174. The van der Waals surface area contributed by atoms with Crippen molar-refractivity contribution in [1.29, 1.82) is 0 Å². The molecule has 0 saturated heterocycles. The van der Waals surface area contributed by atoms with E-state index in [1.807, 2.05) is 24.3 Å². The summed E-state index contributed by atoms with van der Waals surface area (Å²) in [6, 6.07) is 7.44. The zero-order chi connectivity index (χ0) is 8.97. The van der Waals surface area contributed by atoms with Crippen LogP contribution in [0.5, 0.6) is 0 Å². The molecule has 3 heteroatoms. The molecule has 0 bridgehead atoms. The average Bonchev–Trinajstić information content (AvgIpc) is 2.05. The Morgan fingerprint density at radius 2 is 2.17 bits per heavy atom.